The molecule has 0 unspecified atom stereocenters. The van der Waals surface area contributed by atoms with Crippen molar-refractivity contribution in [2.24, 2.45) is 0 Å². The monoisotopic (exact) mass is 262 g/mol. The number of carbonyl (C=O) groups excluding carboxylic acids is 2. The van der Waals surface area contributed by atoms with Gasteiger partial charge in [-0.3, -0.25) is 9.78 Å². The molecule has 1 heterocycles. The zero-order valence-corrected chi connectivity index (χ0v) is 11.4. The second-order valence-corrected chi connectivity index (χ2v) is 4.99. The van der Waals surface area contributed by atoms with E-state index in [0.29, 0.717) is 5.56 Å². The molecule has 5 nitrogen and oxygen atoms in total. The van der Waals surface area contributed by atoms with Gasteiger partial charge in [0.25, 0.3) is 0 Å². The van der Waals surface area contributed by atoms with Gasteiger partial charge in [-0.25, -0.2) is 4.79 Å². The van der Waals surface area contributed by atoms with Crippen LogP contribution in [-0.2, 0) is 4.74 Å². The van der Waals surface area contributed by atoms with Gasteiger partial charge in [-0.05, 0) is 32.4 Å². The van der Waals surface area contributed by atoms with Crippen LogP contribution in [0, 0.1) is 0 Å². The molecule has 1 aromatic heterocycles. The minimum atomic E-state index is -0.617. The number of alkyl carbamates (subject to hydrolysis) is 1. The largest absolute Gasteiger partial charge is 0.444 e. The number of rotatable bonds is 4. The van der Waals surface area contributed by atoms with E-state index in [4.69, 9.17) is 4.74 Å². The normalized spacial score (nSPS) is 10.7. The maximum Gasteiger partial charge on any atom is 0.408 e. The summed E-state index contributed by atoms with van der Waals surface area (Å²) in [5, 5.41) is 2.41. The Morgan fingerprint density at radius 2 is 2.11 bits per heavy atom. The lowest BCUT2D eigenvalue weighted by Crippen LogP contribution is -2.35. The Hall–Kier alpha value is -2.17. The molecule has 19 heavy (non-hydrogen) atoms. The molecule has 0 aromatic carbocycles. The second kappa shape index (κ2) is 6.13. The summed E-state index contributed by atoms with van der Waals surface area (Å²) >= 11 is 0. The second-order valence-electron chi connectivity index (χ2n) is 4.99. The number of carbonyl (C=O) groups is 2. The molecule has 0 atom stereocenters. The fourth-order valence-electron chi connectivity index (χ4n) is 1.29. The Balaban J connectivity index is 2.56. The molecule has 0 saturated carbocycles. The average Bonchev–Trinajstić information content (AvgIpc) is 2.34. The Bertz CT molecular complexity index is 490. The van der Waals surface area contributed by atoms with Crippen LogP contribution in [0.25, 0.3) is 6.08 Å². The molecule has 0 bridgehead atoms. The number of ketones is 1. The lowest BCUT2D eigenvalue weighted by Gasteiger charge is -2.19. The van der Waals surface area contributed by atoms with Gasteiger partial charge in [0.15, 0.2) is 5.78 Å². The number of nitrogens with one attached hydrogen (secondary N) is 1. The predicted molar refractivity (Wildman–Crippen MR) is 72.9 cm³/mol. The van der Waals surface area contributed by atoms with E-state index >= 15 is 0 Å². The summed E-state index contributed by atoms with van der Waals surface area (Å²) in [6.45, 7) is 8.74. The van der Waals surface area contributed by atoms with Gasteiger partial charge in [-0.2, -0.15) is 0 Å². The van der Waals surface area contributed by atoms with Crippen molar-refractivity contribution in [3.63, 3.8) is 0 Å². The summed E-state index contributed by atoms with van der Waals surface area (Å²) in [7, 11) is 0. The van der Waals surface area contributed by atoms with Crippen molar-refractivity contribution in [2.45, 2.75) is 26.4 Å². The van der Waals surface area contributed by atoms with Crippen LogP contribution in [0.3, 0.4) is 0 Å². The number of Topliss-reactive ketones (excluding diaryl/α,β-unsaturated/α-hetero) is 1. The first kappa shape index (κ1) is 14.9. The molecule has 0 fully saturated rings. The van der Waals surface area contributed by atoms with Crippen molar-refractivity contribution in [2.75, 3.05) is 6.54 Å². The Labute approximate surface area is 112 Å². The lowest BCUT2D eigenvalue weighted by molar-refractivity contribution is 0.0520. The van der Waals surface area contributed by atoms with E-state index in [0.717, 1.165) is 5.56 Å². The van der Waals surface area contributed by atoms with Crippen LogP contribution in [0.1, 0.15) is 36.7 Å². The molecule has 0 spiro atoms. The molecule has 0 radical (unpaired) electrons. The number of amides is 1. The van der Waals surface area contributed by atoms with Gasteiger partial charge in [0.05, 0.1) is 6.54 Å². The number of hydrogen-bond donors (Lipinski definition) is 1. The number of ether oxygens (including phenoxy) is 1. The van der Waals surface area contributed by atoms with Crippen LogP contribution < -0.4 is 5.32 Å². The van der Waals surface area contributed by atoms with Crippen LogP contribution in [0.15, 0.2) is 25.0 Å². The van der Waals surface area contributed by atoms with E-state index in [9.17, 15) is 9.59 Å². The van der Waals surface area contributed by atoms with Crippen LogP contribution in [-0.4, -0.2) is 29.0 Å². The minimum Gasteiger partial charge on any atom is -0.444 e. The summed E-state index contributed by atoms with van der Waals surface area (Å²) in [6.07, 6.45) is 4.04. The molecule has 102 valence electrons. The summed E-state index contributed by atoms with van der Waals surface area (Å²) in [4.78, 5) is 27.2. The molecule has 0 saturated heterocycles. The smallest absolute Gasteiger partial charge is 0.408 e. The fourth-order valence-corrected chi connectivity index (χ4v) is 1.29. The molecular formula is C14H18N2O3. The first-order valence-electron chi connectivity index (χ1n) is 5.89. The van der Waals surface area contributed by atoms with Crippen LogP contribution in [0.5, 0.6) is 0 Å². The zero-order chi connectivity index (χ0) is 14.5. The third kappa shape index (κ3) is 5.33. The highest BCUT2D eigenvalue weighted by Gasteiger charge is 2.17. The summed E-state index contributed by atoms with van der Waals surface area (Å²) in [5.74, 6) is -0.234. The highest BCUT2D eigenvalue weighted by atomic mass is 16.6. The van der Waals surface area contributed by atoms with Crippen molar-refractivity contribution in [3.8, 4) is 0 Å². The number of aromatic nitrogens is 1. The van der Waals surface area contributed by atoms with Gasteiger partial charge < -0.3 is 10.1 Å². The van der Waals surface area contributed by atoms with Crippen molar-refractivity contribution >= 4 is 18.0 Å². The maximum absolute atomic E-state index is 11.8. The molecular weight excluding hydrogens is 244 g/mol. The van der Waals surface area contributed by atoms with E-state index in [1.54, 1.807) is 39.1 Å². The number of hydrogen-bond acceptors (Lipinski definition) is 4. The molecule has 1 aromatic rings. The Morgan fingerprint density at radius 3 is 2.68 bits per heavy atom. The lowest BCUT2D eigenvalue weighted by atomic mass is 10.1. The maximum atomic E-state index is 11.8. The standard InChI is InChI=1S/C14H18N2O3/c1-5-10-6-11(8-15-7-10)12(17)9-16-13(18)19-14(2,3)4/h5-8H,1,9H2,2-4H3,(H,16,18). The zero-order valence-electron chi connectivity index (χ0n) is 11.4. The summed E-state index contributed by atoms with van der Waals surface area (Å²) in [5.41, 5.74) is 0.592. The highest BCUT2D eigenvalue weighted by Crippen LogP contribution is 2.07. The third-order valence-electron chi connectivity index (χ3n) is 2.11. The topological polar surface area (TPSA) is 68.3 Å². The molecule has 1 N–H and O–H groups in total. The average molecular weight is 262 g/mol. The van der Waals surface area contributed by atoms with Crippen molar-refractivity contribution in [1.82, 2.24) is 10.3 Å². The van der Waals surface area contributed by atoms with Gasteiger partial charge in [0.2, 0.25) is 0 Å². The Kier molecular flexibility index (Phi) is 4.80. The van der Waals surface area contributed by atoms with Gasteiger partial charge in [0.1, 0.15) is 5.60 Å². The summed E-state index contributed by atoms with van der Waals surface area (Å²) in [6, 6.07) is 1.67. The SMILES string of the molecule is C=Cc1cncc(C(=O)CNC(=O)OC(C)(C)C)c1. The van der Waals surface area contributed by atoms with E-state index in [1.807, 2.05) is 0 Å². The van der Waals surface area contributed by atoms with Gasteiger partial charge >= 0.3 is 6.09 Å². The van der Waals surface area contributed by atoms with Gasteiger partial charge in [-0.1, -0.05) is 12.7 Å². The van der Waals surface area contributed by atoms with Crippen molar-refractivity contribution < 1.29 is 14.3 Å². The Morgan fingerprint density at radius 1 is 1.42 bits per heavy atom. The quantitative estimate of drug-likeness (QED) is 0.846. The van der Waals surface area contributed by atoms with Crippen LogP contribution in [0.4, 0.5) is 4.79 Å². The van der Waals surface area contributed by atoms with Crippen molar-refractivity contribution in [3.05, 3.63) is 36.2 Å². The molecule has 0 aliphatic rings. The minimum absolute atomic E-state index is 0.128. The van der Waals surface area contributed by atoms with Gasteiger partial charge in [-0.15, -0.1) is 0 Å². The van der Waals surface area contributed by atoms with E-state index in [-0.39, 0.29) is 12.3 Å². The first-order chi connectivity index (χ1) is 8.81. The van der Waals surface area contributed by atoms with E-state index in [1.165, 1.54) is 6.20 Å². The van der Waals surface area contributed by atoms with Crippen molar-refractivity contribution in [1.29, 1.82) is 0 Å². The first-order valence-corrected chi connectivity index (χ1v) is 5.89. The van der Waals surface area contributed by atoms with E-state index in [2.05, 4.69) is 16.9 Å². The van der Waals surface area contributed by atoms with Crippen LogP contribution in [0.2, 0.25) is 0 Å². The molecule has 1 amide bonds. The third-order valence-corrected chi connectivity index (χ3v) is 2.11. The number of pyridine rings is 1. The molecule has 0 aliphatic heterocycles. The summed E-state index contributed by atoms with van der Waals surface area (Å²) < 4.78 is 5.03. The molecule has 0 aliphatic carbocycles. The van der Waals surface area contributed by atoms with E-state index < -0.39 is 11.7 Å². The fraction of sp³-hybridized carbons (Fsp3) is 0.357. The number of nitrogens with zero attached hydrogens (tertiary/aromatic N) is 1. The molecule has 5 heteroatoms. The highest BCUT2D eigenvalue weighted by molar-refractivity contribution is 5.99. The predicted octanol–water partition coefficient (Wildman–Crippen LogP) is 2.43. The van der Waals surface area contributed by atoms with Gasteiger partial charge in [0, 0.05) is 18.0 Å². The molecule has 1 rings (SSSR count). The van der Waals surface area contributed by atoms with Crippen LogP contribution >= 0.6 is 0 Å².